The van der Waals surface area contributed by atoms with E-state index in [1.165, 1.54) is 23.5 Å². The van der Waals surface area contributed by atoms with E-state index in [9.17, 15) is 0 Å². The van der Waals surface area contributed by atoms with Crippen LogP contribution in [0.4, 0.5) is 26.3 Å². The summed E-state index contributed by atoms with van der Waals surface area (Å²) in [6.07, 6.45) is 0. The summed E-state index contributed by atoms with van der Waals surface area (Å²) in [4.78, 5) is 1.13. The third-order valence-electron chi connectivity index (χ3n) is 14.2. The summed E-state index contributed by atoms with van der Waals surface area (Å²) in [5, 5.41) is 0. The van der Waals surface area contributed by atoms with Gasteiger partial charge in [0.1, 0.15) is 0 Å². The molecule has 8 aromatic carbocycles. The Hall–Kier alpha value is -6.48. The molecule has 2 heterocycles. The molecule has 0 N–H and O–H groups in total. The normalized spacial score (nSPS) is 21.4. The maximum Gasteiger partial charge on any atom is 0.380 e. The molecule has 8 heteroatoms. The maximum atomic E-state index is 16.7. The first-order chi connectivity index (χ1) is 32.2. The Balaban J connectivity index is 1.02. The minimum Gasteiger partial charge on any atom is -0.194 e. The Kier molecular flexibility index (Phi) is 9.23. The van der Waals surface area contributed by atoms with Gasteiger partial charge in [-0.1, -0.05) is 170 Å². The van der Waals surface area contributed by atoms with Crippen molar-refractivity contribution in [1.82, 2.24) is 0 Å². The molecule has 1 saturated carbocycles. The average Bonchev–Trinajstić information content (AvgIpc) is 3.87. The highest BCUT2D eigenvalue weighted by molar-refractivity contribution is 8.06. The first kappa shape index (κ1) is 41.9. The molecule has 0 aromatic heterocycles. The number of alkyl halides is 6. The van der Waals surface area contributed by atoms with Crippen LogP contribution < -0.4 is 0 Å². The van der Waals surface area contributed by atoms with Crippen LogP contribution in [0.2, 0.25) is 0 Å². The van der Waals surface area contributed by atoms with Gasteiger partial charge >= 0.3 is 17.8 Å². The number of fused-ring (bicyclic) bond motifs is 8. The zero-order valence-electron chi connectivity index (χ0n) is 36.1. The zero-order chi connectivity index (χ0) is 46.1. The van der Waals surface area contributed by atoms with E-state index < -0.39 is 38.4 Å². The van der Waals surface area contributed by atoms with Gasteiger partial charge in [-0.15, -0.1) is 23.5 Å². The lowest BCUT2D eigenvalue weighted by atomic mass is 9.68. The molecule has 0 unspecified atom stereocenters. The van der Waals surface area contributed by atoms with Crippen LogP contribution in [0.5, 0.6) is 0 Å². The number of halogens is 6. The van der Waals surface area contributed by atoms with E-state index in [0.29, 0.717) is 9.79 Å². The lowest BCUT2D eigenvalue weighted by molar-refractivity contribution is -0.257. The van der Waals surface area contributed by atoms with Crippen LogP contribution in [-0.2, 0) is 0 Å². The summed E-state index contributed by atoms with van der Waals surface area (Å²) >= 11 is 2.59. The number of benzene rings is 8. The molecule has 67 heavy (non-hydrogen) atoms. The third kappa shape index (κ3) is 5.91. The molecule has 0 amide bonds. The van der Waals surface area contributed by atoms with Crippen molar-refractivity contribution in [2.24, 2.45) is 0 Å². The second-order valence-electron chi connectivity index (χ2n) is 17.9. The molecule has 0 nitrogen and oxygen atoms in total. The van der Waals surface area contributed by atoms with Crippen LogP contribution in [0.15, 0.2) is 215 Å². The second-order valence-corrected chi connectivity index (χ2v) is 20.8. The van der Waals surface area contributed by atoms with Crippen molar-refractivity contribution in [3.8, 4) is 66.8 Å². The summed E-state index contributed by atoms with van der Waals surface area (Å²) in [6, 6.07) is 63.0. The monoisotopic (exact) mass is 924 g/mol. The standard InChI is InChI=1S/C59H38F6S2/c1-55-51(45-29-25-41(33-49(45)66-55)43-27-23-39(35-15-7-3-8-16-35)31-47(43)37-19-11-5-12-20-37)53-54(58(62,63)59(64,65)57(53,60)61)52-46-30-26-42(34-50(46)67-56(52,55)2)44-28-24-40(36-17-9-4-10-18-36)32-48(44)38-21-13-6-14-22-38/h3-34H,1-2H3/t55-,56-/m1/s1. The number of rotatable bonds is 6. The van der Waals surface area contributed by atoms with Gasteiger partial charge in [0.2, 0.25) is 0 Å². The Morgan fingerprint density at radius 2 is 0.597 bits per heavy atom. The summed E-state index contributed by atoms with van der Waals surface area (Å²) < 4.78 is 96.0. The highest BCUT2D eigenvalue weighted by Crippen LogP contribution is 2.78. The molecule has 0 saturated heterocycles. The Morgan fingerprint density at radius 1 is 0.284 bits per heavy atom. The van der Waals surface area contributed by atoms with E-state index in [0.717, 1.165) is 66.8 Å². The average molecular weight is 925 g/mol. The summed E-state index contributed by atoms with van der Waals surface area (Å²) in [5.41, 5.74) is 8.95. The molecule has 2 atom stereocenters. The van der Waals surface area contributed by atoms with Gasteiger partial charge in [0, 0.05) is 20.9 Å². The van der Waals surface area contributed by atoms with Crippen molar-refractivity contribution < 1.29 is 26.3 Å². The van der Waals surface area contributed by atoms with Crippen molar-refractivity contribution in [2.75, 3.05) is 0 Å². The van der Waals surface area contributed by atoms with Crippen LogP contribution in [-0.4, -0.2) is 27.3 Å². The quantitative estimate of drug-likeness (QED) is 0.152. The van der Waals surface area contributed by atoms with Crippen molar-refractivity contribution in [3.63, 3.8) is 0 Å². The fourth-order valence-electron chi connectivity index (χ4n) is 10.8. The molecule has 328 valence electrons. The number of allylic oxidation sites excluding steroid dienone is 2. The van der Waals surface area contributed by atoms with Crippen LogP contribution in [0.3, 0.4) is 0 Å². The van der Waals surface area contributed by atoms with E-state index >= 15 is 26.3 Å². The number of hydrogen-bond acceptors (Lipinski definition) is 2. The zero-order valence-corrected chi connectivity index (χ0v) is 37.7. The molecule has 2 aliphatic carbocycles. The first-order valence-electron chi connectivity index (χ1n) is 22.0. The molecular weight excluding hydrogens is 887 g/mol. The molecule has 8 aromatic rings. The van der Waals surface area contributed by atoms with Gasteiger partial charge in [0.25, 0.3) is 0 Å². The predicted octanol–water partition coefficient (Wildman–Crippen LogP) is 17.6. The highest BCUT2D eigenvalue weighted by atomic mass is 32.2. The van der Waals surface area contributed by atoms with Gasteiger partial charge in [-0.25, -0.2) is 0 Å². The number of hydrogen-bond donors (Lipinski definition) is 0. The summed E-state index contributed by atoms with van der Waals surface area (Å²) in [7, 11) is 0. The van der Waals surface area contributed by atoms with Crippen molar-refractivity contribution in [3.05, 3.63) is 216 Å². The fraction of sp³-hybridized carbons (Fsp3) is 0.119. The molecule has 0 spiro atoms. The van der Waals surface area contributed by atoms with E-state index in [2.05, 4.69) is 12.1 Å². The minimum atomic E-state index is -5.67. The Labute approximate surface area is 393 Å². The fourth-order valence-corrected chi connectivity index (χ4v) is 14.0. The molecule has 12 rings (SSSR count). The molecule has 2 aliphatic heterocycles. The molecular formula is C59H38F6S2. The van der Waals surface area contributed by atoms with E-state index in [4.69, 9.17) is 0 Å². The molecule has 1 fully saturated rings. The van der Waals surface area contributed by atoms with Crippen LogP contribution in [0.1, 0.15) is 25.0 Å². The van der Waals surface area contributed by atoms with Gasteiger partial charge in [-0.3, -0.25) is 0 Å². The van der Waals surface area contributed by atoms with Crippen molar-refractivity contribution >= 4 is 34.7 Å². The lowest BCUT2D eigenvalue weighted by Gasteiger charge is -2.47. The van der Waals surface area contributed by atoms with Gasteiger partial charge in [-0.2, -0.15) is 26.3 Å². The second kappa shape index (κ2) is 14.8. The molecule has 0 radical (unpaired) electrons. The Morgan fingerprint density at radius 3 is 0.955 bits per heavy atom. The smallest absolute Gasteiger partial charge is 0.194 e. The van der Waals surface area contributed by atoms with Crippen LogP contribution in [0.25, 0.3) is 77.9 Å². The maximum absolute atomic E-state index is 16.7. The van der Waals surface area contributed by atoms with E-state index in [-0.39, 0.29) is 22.3 Å². The largest absolute Gasteiger partial charge is 0.380 e. The van der Waals surface area contributed by atoms with Crippen LogP contribution >= 0.6 is 23.5 Å². The van der Waals surface area contributed by atoms with Gasteiger partial charge in [0.05, 0.1) is 9.49 Å². The van der Waals surface area contributed by atoms with Gasteiger partial charge < -0.3 is 0 Å². The van der Waals surface area contributed by atoms with Crippen LogP contribution in [0, 0.1) is 0 Å². The predicted molar refractivity (Wildman–Crippen MR) is 263 cm³/mol. The SMILES string of the molecule is C[C@@]12Sc3cc(-c4ccc(-c5ccccc5)cc4-c4ccccc4)ccc3C1=C1C(=C3c4ccc(-c5ccc(-c6ccccc6)cc5-c5ccccc5)cc4S[C@]32C)C(F)(F)C(F)(F)C1(F)F. The lowest BCUT2D eigenvalue weighted by Crippen LogP contribution is -2.47. The van der Waals surface area contributed by atoms with Gasteiger partial charge in [-0.05, 0) is 127 Å². The summed E-state index contributed by atoms with van der Waals surface area (Å²) in [6.45, 7) is 3.53. The summed E-state index contributed by atoms with van der Waals surface area (Å²) in [5.74, 6) is -16.0. The Bertz CT molecular complexity index is 3170. The molecule has 4 aliphatic rings. The highest BCUT2D eigenvalue weighted by Gasteiger charge is 2.85. The van der Waals surface area contributed by atoms with Gasteiger partial charge in [0.15, 0.2) is 0 Å². The van der Waals surface area contributed by atoms with E-state index in [1.54, 1.807) is 38.1 Å². The third-order valence-corrected chi connectivity index (χ3v) is 17.5. The van der Waals surface area contributed by atoms with Crippen molar-refractivity contribution in [1.29, 1.82) is 0 Å². The number of thioether (sulfide) groups is 2. The minimum absolute atomic E-state index is 0.159. The topological polar surface area (TPSA) is 0 Å². The molecule has 0 bridgehead atoms. The van der Waals surface area contributed by atoms with Crippen molar-refractivity contribution in [2.45, 2.75) is 50.9 Å². The first-order valence-corrected chi connectivity index (χ1v) is 23.7. The van der Waals surface area contributed by atoms with E-state index in [1.807, 2.05) is 158 Å².